The van der Waals surface area contributed by atoms with Gasteiger partial charge in [-0.2, -0.15) is 8.78 Å². The minimum Gasteiger partial charge on any atom is -0.493 e. The van der Waals surface area contributed by atoms with Crippen LogP contribution in [-0.2, 0) is 13.0 Å². The predicted octanol–water partition coefficient (Wildman–Crippen LogP) is 4.31. The number of hydrogen-bond donors (Lipinski definition) is 2. The maximum Gasteiger partial charge on any atom is 0.387 e. The fraction of sp³-hybridized carbons (Fsp3) is 0.429. The van der Waals surface area contributed by atoms with Crippen LogP contribution in [0.15, 0.2) is 41.5 Å². The van der Waals surface area contributed by atoms with Crippen LogP contribution in [0.25, 0.3) is 0 Å². The molecule has 6 nitrogen and oxygen atoms in total. The van der Waals surface area contributed by atoms with Gasteiger partial charge in [0.1, 0.15) is 11.5 Å². The fourth-order valence-corrected chi connectivity index (χ4v) is 2.57. The molecule has 2 N–H and O–H groups in total. The molecule has 0 spiro atoms. The Kier molecular flexibility index (Phi) is 12.0. The lowest BCUT2D eigenvalue weighted by Crippen LogP contribution is -2.38. The van der Waals surface area contributed by atoms with Crippen LogP contribution in [0.4, 0.5) is 8.78 Å². The number of nitrogens with zero attached hydrogens (tertiary/aromatic N) is 2. The van der Waals surface area contributed by atoms with Crippen molar-refractivity contribution in [3.8, 4) is 11.5 Å². The van der Waals surface area contributed by atoms with Gasteiger partial charge >= 0.3 is 6.61 Å². The van der Waals surface area contributed by atoms with E-state index in [-0.39, 0.29) is 36.3 Å². The first kappa shape index (κ1) is 25.9. The van der Waals surface area contributed by atoms with Crippen molar-refractivity contribution in [2.24, 2.45) is 4.99 Å². The van der Waals surface area contributed by atoms with E-state index < -0.39 is 6.61 Å². The van der Waals surface area contributed by atoms with Crippen LogP contribution in [0.3, 0.4) is 0 Å². The Morgan fingerprint density at radius 3 is 2.63 bits per heavy atom. The molecule has 0 aliphatic carbocycles. The molecule has 0 aliphatic heterocycles. The summed E-state index contributed by atoms with van der Waals surface area (Å²) in [5.41, 5.74) is 2.68. The highest BCUT2D eigenvalue weighted by Gasteiger charge is 2.12. The average molecular weight is 534 g/mol. The first-order valence-corrected chi connectivity index (χ1v) is 9.58. The minimum atomic E-state index is -2.91. The molecule has 2 aromatic rings. The van der Waals surface area contributed by atoms with Crippen LogP contribution in [0.5, 0.6) is 11.5 Å². The molecule has 166 valence electrons. The van der Waals surface area contributed by atoms with E-state index in [0.29, 0.717) is 30.4 Å². The van der Waals surface area contributed by atoms with Gasteiger partial charge in [-0.05, 0) is 43.5 Å². The highest BCUT2D eigenvalue weighted by atomic mass is 127. The van der Waals surface area contributed by atoms with Gasteiger partial charge in [0.2, 0.25) is 0 Å². The monoisotopic (exact) mass is 534 g/mol. The largest absolute Gasteiger partial charge is 0.493 e. The molecule has 0 bridgehead atoms. The van der Waals surface area contributed by atoms with E-state index in [2.05, 4.69) is 25.3 Å². The van der Waals surface area contributed by atoms with Gasteiger partial charge < -0.3 is 20.1 Å². The summed E-state index contributed by atoms with van der Waals surface area (Å²) in [4.78, 5) is 8.44. The van der Waals surface area contributed by atoms with Gasteiger partial charge in [-0.15, -0.1) is 24.0 Å². The van der Waals surface area contributed by atoms with E-state index in [1.54, 1.807) is 19.2 Å². The van der Waals surface area contributed by atoms with E-state index in [1.807, 2.05) is 32.2 Å². The number of halogens is 3. The molecular weight excluding hydrogens is 505 g/mol. The van der Waals surface area contributed by atoms with Crippen LogP contribution in [-0.4, -0.2) is 37.8 Å². The number of aliphatic imine (C=N–C) groups is 1. The Hall–Kier alpha value is -2.17. The number of guanidine groups is 1. The van der Waals surface area contributed by atoms with Crippen molar-refractivity contribution in [2.75, 3.05) is 20.2 Å². The molecule has 1 aromatic carbocycles. The highest BCUT2D eigenvalue weighted by molar-refractivity contribution is 14.0. The maximum absolute atomic E-state index is 12.8. The molecule has 9 heteroatoms. The fourth-order valence-electron chi connectivity index (χ4n) is 2.57. The first-order valence-electron chi connectivity index (χ1n) is 9.58. The number of rotatable bonds is 10. The molecule has 0 saturated heterocycles. The predicted molar refractivity (Wildman–Crippen MR) is 125 cm³/mol. The third kappa shape index (κ3) is 9.10. The van der Waals surface area contributed by atoms with Crippen molar-refractivity contribution in [3.05, 3.63) is 53.3 Å². The third-order valence-electron chi connectivity index (χ3n) is 4.08. The van der Waals surface area contributed by atoms with Crippen molar-refractivity contribution in [1.29, 1.82) is 0 Å². The number of nitrogens with one attached hydrogen (secondary N) is 2. The Morgan fingerprint density at radius 2 is 2.00 bits per heavy atom. The second-order valence-corrected chi connectivity index (χ2v) is 6.41. The summed E-state index contributed by atoms with van der Waals surface area (Å²) in [7, 11) is 1.65. The van der Waals surface area contributed by atoms with Crippen molar-refractivity contribution in [2.45, 2.75) is 39.8 Å². The molecule has 0 unspecified atom stereocenters. The van der Waals surface area contributed by atoms with E-state index in [4.69, 9.17) is 4.74 Å². The molecule has 2 rings (SSSR count). The Bertz CT molecular complexity index is 789. The number of aromatic nitrogens is 1. The number of ether oxygens (including phenoxy) is 2. The lowest BCUT2D eigenvalue weighted by molar-refractivity contribution is -0.0505. The summed E-state index contributed by atoms with van der Waals surface area (Å²) in [6.45, 7) is 2.47. The molecule has 0 radical (unpaired) electrons. The normalized spacial score (nSPS) is 11.1. The molecule has 30 heavy (non-hydrogen) atoms. The summed E-state index contributed by atoms with van der Waals surface area (Å²) < 4.78 is 35.7. The zero-order valence-electron chi connectivity index (χ0n) is 17.5. The number of pyridine rings is 1. The Labute approximate surface area is 193 Å². The van der Waals surface area contributed by atoms with Crippen LogP contribution in [0.2, 0.25) is 0 Å². The van der Waals surface area contributed by atoms with Gasteiger partial charge in [0.15, 0.2) is 5.96 Å². The number of alkyl halides is 2. The van der Waals surface area contributed by atoms with Crippen LogP contribution < -0.4 is 20.1 Å². The van der Waals surface area contributed by atoms with Crippen molar-refractivity contribution >= 4 is 29.9 Å². The number of benzene rings is 1. The zero-order chi connectivity index (χ0) is 21.1. The average Bonchev–Trinajstić information content (AvgIpc) is 2.71. The highest BCUT2D eigenvalue weighted by Crippen LogP contribution is 2.26. The van der Waals surface area contributed by atoms with E-state index in [9.17, 15) is 8.78 Å². The van der Waals surface area contributed by atoms with Crippen LogP contribution >= 0.6 is 24.0 Å². The minimum absolute atomic E-state index is 0. The molecule has 1 aromatic heterocycles. The van der Waals surface area contributed by atoms with Gasteiger partial charge in [0.05, 0.1) is 6.61 Å². The molecule has 0 saturated carbocycles. The second kappa shape index (κ2) is 13.9. The summed E-state index contributed by atoms with van der Waals surface area (Å²) >= 11 is 0. The zero-order valence-corrected chi connectivity index (χ0v) is 19.8. The van der Waals surface area contributed by atoms with Crippen LogP contribution in [0, 0.1) is 6.92 Å². The van der Waals surface area contributed by atoms with Crippen LogP contribution in [0.1, 0.15) is 30.2 Å². The molecule has 0 atom stereocenters. The van der Waals surface area contributed by atoms with E-state index >= 15 is 0 Å². The van der Waals surface area contributed by atoms with Gasteiger partial charge in [0, 0.05) is 43.7 Å². The Morgan fingerprint density at radius 1 is 1.20 bits per heavy atom. The molecule has 0 aliphatic rings. The molecule has 0 amide bonds. The quantitative estimate of drug-likeness (QED) is 0.270. The van der Waals surface area contributed by atoms with Gasteiger partial charge in [-0.1, -0.05) is 13.0 Å². The molecular formula is C21H29F2IN4O2. The van der Waals surface area contributed by atoms with Gasteiger partial charge in [-0.25, -0.2) is 0 Å². The second-order valence-electron chi connectivity index (χ2n) is 6.41. The maximum atomic E-state index is 12.8. The molecule has 1 heterocycles. The van der Waals surface area contributed by atoms with E-state index in [1.165, 1.54) is 6.07 Å². The summed E-state index contributed by atoms with van der Waals surface area (Å²) in [5.74, 6) is 1.15. The van der Waals surface area contributed by atoms with Gasteiger partial charge in [-0.3, -0.25) is 9.98 Å². The van der Waals surface area contributed by atoms with Crippen molar-refractivity contribution < 1.29 is 18.3 Å². The smallest absolute Gasteiger partial charge is 0.387 e. The van der Waals surface area contributed by atoms with Crippen molar-refractivity contribution in [1.82, 2.24) is 15.6 Å². The number of hydrogen-bond acceptors (Lipinski definition) is 4. The van der Waals surface area contributed by atoms with Gasteiger partial charge in [0.25, 0.3) is 0 Å². The van der Waals surface area contributed by atoms with E-state index in [0.717, 1.165) is 24.1 Å². The standard InChI is InChI=1S/C21H28F2N4O2.HI/c1-4-11-28-18-8-7-17(19(12-18)29-20(22)23)14-27-21(24-3)25-10-9-16-6-5-15(2)26-13-16;/h5-8,12-13,20H,4,9-11,14H2,1-3H3,(H2,24,25,27);1H. The topological polar surface area (TPSA) is 67.8 Å². The SMILES string of the molecule is CCCOc1ccc(CNC(=NC)NCCc2ccc(C)nc2)c(OC(F)F)c1.I. The lowest BCUT2D eigenvalue weighted by Gasteiger charge is -2.16. The van der Waals surface area contributed by atoms with Crippen molar-refractivity contribution in [3.63, 3.8) is 0 Å². The summed E-state index contributed by atoms with van der Waals surface area (Å²) in [6, 6.07) is 8.95. The Balaban J connectivity index is 0.00000450. The summed E-state index contributed by atoms with van der Waals surface area (Å²) in [6.07, 6.45) is 3.47. The first-order chi connectivity index (χ1) is 14.0. The molecule has 0 fully saturated rings. The third-order valence-corrected chi connectivity index (χ3v) is 4.08. The lowest BCUT2D eigenvalue weighted by atomic mass is 10.2. The number of aryl methyl sites for hydroxylation is 1. The summed E-state index contributed by atoms with van der Waals surface area (Å²) in [5, 5.41) is 6.31.